The number of Topliss-reactive ketones (excluding diaryl/α,β-unsaturated/α-hetero) is 1. The summed E-state index contributed by atoms with van der Waals surface area (Å²) in [5.41, 5.74) is 0. The van der Waals surface area contributed by atoms with Gasteiger partial charge in [0.2, 0.25) is 0 Å². The van der Waals surface area contributed by atoms with Crippen LogP contribution in [-0.2, 0) is 9.59 Å². The van der Waals surface area contributed by atoms with Crippen LogP contribution in [0.25, 0.3) is 0 Å². The first-order valence-electron chi connectivity index (χ1n) is 8.15. The molecule has 3 atom stereocenters. The maximum absolute atomic E-state index is 11.9. The summed E-state index contributed by atoms with van der Waals surface area (Å²) in [6.07, 6.45) is 10.2. The largest absolute Gasteiger partial charge is 0.481 e. The van der Waals surface area contributed by atoms with Gasteiger partial charge < -0.3 is 10.2 Å². The first-order chi connectivity index (χ1) is 10.0. The van der Waals surface area contributed by atoms with Gasteiger partial charge in [0.15, 0.2) is 0 Å². The van der Waals surface area contributed by atoms with Crippen LogP contribution in [0.3, 0.4) is 0 Å². The minimum Gasteiger partial charge on any atom is -0.481 e. The lowest BCUT2D eigenvalue weighted by atomic mass is 9.89. The van der Waals surface area contributed by atoms with Gasteiger partial charge in [-0.2, -0.15) is 0 Å². The molecule has 1 fully saturated rings. The third-order valence-corrected chi connectivity index (χ3v) is 4.23. The number of carbonyl (C=O) groups excluding carboxylic acids is 1. The highest BCUT2D eigenvalue weighted by Crippen LogP contribution is 2.33. The summed E-state index contributed by atoms with van der Waals surface area (Å²) in [5.74, 6) is -0.103. The molecule has 4 nitrogen and oxygen atoms in total. The zero-order valence-corrected chi connectivity index (χ0v) is 13.0. The van der Waals surface area contributed by atoms with Gasteiger partial charge in [0, 0.05) is 18.8 Å². The molecule has 0 aliphatic heterocycles. The van der Waals surface area contributed by atoms with Crippen LogP contribution in [0.1, 0.15) is 64.7 Å². The van der Waals surface area contributed by atoms with Gasteiger partial charge in [-0.3, -0.25) is 9.59 Å². The molecule has 1 saturated carbocycles. The van der Waals surface area contributed by atoms with E-state index in [1.807, 2.05) is 19.1 Å². The van der Waals surface area contributed by atoms with Gasteiger partial charge in [-0.1, -0.05) is 38.3 Å². The molecule has 0 spiro atoms. The van der Waals surface area contributed by atoms with E-state index in [0.29, 0.717) is 18.6 Å². The fraction of sp³-hybridized carbons (Fsp3) is 0.765. The molecule has 0 aromatic carbocycles. The van der Waals surface area contributed by atoms with Crippen LogP contribution in [0.2, 0.25) is 0 Å². The number of hydrogen-bond acceptors (Lipinski definition) is 3. The molecule has 3 unspecified atom stereocenters. The Morgan fingerprint density at radius 3 is 2.81 bits per heavy atom. The van der Waals surface area contributed by atoms with Crippen molar-refractivity contribution in [2.45, 2.75) is 70.8 Å². The molecule has 0 saturated heterocycles. The van der Waals surface area contributed by atoms with E-state index in [9.17, 15) is 14.7 Å². The fourth-order valence-electron chi connectivity index (χ4n) is 3.02. The lowest BCUT2D eigenvalue weighted by Gasteiger charge is -2.15. The average Bonchev–Trinajstić information content (AvgIpc) is 2.77. The number of ketones is 1. The second-order valence-corrected chi connectivity index (χ2v) is 6.01. The normalized spacial score (nSPS) is 23.8. The summed E-state index contributed by atoms with van der Waals surface area (Å²) in [5, 5.41) is 18.3. The van der Waals surface area contributed by atoms with Crippen molar-refractivity contribution in [1.29, 1.82) is 0 Å². The van der Waals surface area contributed by atoms with Crippen LogP contribution in [-0.4, -0.2) is 28.1 Å². The van der Waals surface area contributed by atoms with E-state index in [4.69, 9.17) is 5.11 Å². The van der Waals surface area contributed by atoms with Gasteiger partial charge in [0.25, 0.3) is 0 Å². The van der Waals surface area contributed by atoms with E-state index in [-0.39, 0.29) is 18.3 Å². The van der Waals surface area contributed by atoms with Crippen LogP contribution >= 0.6 is 0 Å². The molecule has 0 aromatic heterocycles. The van der Waals surface area contributed by atoms with Crippen LogP contribution in [0.5, 0.6) is 0 Å². The summed E-state index contributed by atoms with van der Waals surface area (Å²) in [7, 11) is 0. The Bertz CT molecular complexity index is 362. The Morgan fingerprint density at radius 2 is 2.14 bits per heavy atom. The number of carbonyl (C=O) groups is 2. The molecular formula is C17H28O4. The van der Waals surface area contributed by atoms with E-state index in [0.717, 1.165) is 38.5 Å². The van der Waals surface area contributed by atoms with Crippen molar-refractivity contribution in [2.24, 2.45) is 11.8 Å². The average molecular weight is 296 g/mol. The van der Waals surface area contributed by atoms with Gasteiger partial charge >= 0.3 is 5.97 Å². The topological polar surface area (TPSA) is 74.6 Å². The highest BCUT2D eigenvalue weighted by atomic mass is 16.4. The number of carboxylic acids is 1. The molecule has 1 aliphatic rings. The van der Waals surface area contributed by atoms with Crippen molar-refractivity contribution in [3.8, 4) is 0 Å². The molecule has 4 heteroatoms. The number of aliphatic hydroxyl groups is 1. The van der Waals surface area contributed by atoms with Crippen molar-refractivity contribution < 1.29 is 19.8 Å². The monoisotopic (exact) mass is 296 g/mol. The second kappa shape index (κ2) is 9.72. The van der Waals surface area contributed by atoms with Crippen molar-refractivity contribution in [3.63, 3.8) is 0 Å². The van der Waals surface area contributed by atoms with Crippen LogP contribution < -0.4 is 0 Å². The summed E-state index contributed by atoms with van der Waals surface area (Å²) in [6.45, 7) is 2.04. The van der Waals surface area contributed by atoms with Crippen LogP contribution in [0.15, 0.2) is 12.2 Å². The summed E-state index contributed by atoms with van der Waals surface area (Å²) < 4.78 is 0. The molecule has 0 amide bonds. The highest BCUT2D eigenvalue weighted by Gasteiger charge is 2.32. The first-order valence-corrected chi connectivity index (χ1v) is 8.15. The lowest BCUT2D eigenvalue weighted by molar-refractivity contribution is -0.137. The predicted molar refractivity (Wildman–Crippen MR) is 82.0 cm³/mol. The van der Waals surface area contributed by atoms with Gasteiger partial charge in [0.1, 0.15) is 5.78 Å². The van der Waals surface area contributed by atoms with Crippen molar-refractivity contribution in [1.82, 2.24) is 0 Å². The number of aliphatic carboxylic acids is 1. The summed E-state index contributed by atoms with van der Waals surface area (Å²) in [4.78, 5) is 22.4. The van der Waals surface area contributed by atoms with Crippen molar-refractivity contribution in [2.75, 3.05) is 0 Å². The number of aliphatic hydroxyl groups excluding tert-OH is 1. The molecule has 0 heterocycles. The minimum absolute atomic E-state index is 0.0694. The lowest BCUT2D eigenvalue weighted by Crippen LogP contribution is -2.14. The molecule has 120 valence electrons. The number of hydrogen-bond donors (Lipinski definition) is 2. The number of rotatable bonds is 10. The van der Waals surface area contributed by atoms with Gasteiger partial charge in [-0.05, 0) is 31.6 Å². The van der Waals surface area contributed by atoms with E-state index in [1.165, 1.54) is 0 Å². The van der Waals surface area contributed by atoms with Gasteiger partial charge in [-0.15, -0.1) is 0 Å². The summed E-state index contributed by atoms with van der Waals surface area (Å²) >= 11 is 0. The number of allylic oxidation sites excluding steroid dienone is 1. The Morgan fingerprint density at radius 1 is 1.38 bits per heavy atom. The highest BCUT2D eigenvalue weighted by molar-refractivity contribution is 5.83. The van der Waals surface area contributed by atoms with E-state index in [2.05, 4.69) is 0 Å². The molecule has 1 aliphatic carbocycles. The summed E-state index contributed by atoms with van der Waals surface area (Å²) in [6, 6.07) is 0. The molecule has 0 radical (unpaired) electrons. The Labute approximate surface area is 127 Å². The maximum atomic E-state index is 11.9. The standard InChI is InChI=1S/C17H28O4/c1-2-6-14(18)11-9-13-10-12-16(19)15(13)7-4-3-5-8-17(20)21/h9,11,13-15,18H,2-8,10,12H2,1H3,(H,20,21)/b11-9+. The Balaban J connectivity index is 2.35. The van der Waals surface area contributed by atoms with E-state index >= 15 is 0 Å². The predicted octanol–water partition coefficient (Wildman–Crippen LogP) is 3.33. The van der Waals surface area contributed by atoms with Crippen LogP contribution in [0, 0.1) is 11.8 Å². The van der Waals surface area contributed by atoms with E-state index in [1.54, 1.807) is 0 Å². The fourth-order valence-corrected chi connectivity index (χ4v) is 3.02. The van der Waals surface area contributed by atoms with Crippen LogP contribution in [0.4, 0.5) is 0 Å². The third kappa shape index (κ3) is 6.89. The third-order valence-electron chi connectivity index (χ3n) is 4.23. The van der Waals surface area contributed by atoms with Crippen molar-refractivity contribution >= 4 is 11.8 Å². The smallest absolute Gasteiger partial charge is 0.303 e. The zero-order valence-electron chi connectivity index (χ0n) is 13.0. The Hall–Kier alpha value is -1.16. The zero-order chi connectivity index (χ0) is 15.7. The molecule has 2 N–H and O–H groups in total. The first kappa shape index (κ1) is 17.9. The van der Waals surface area contributed by atoms with Gasteiger partial charge in [0.05, 0.1) is 6.10 Å². The quantitative estimate of drug-likeness (QED) is 0.479. The van der Waals surface area contributed by atoms with Crippen molar-refractivity contribution in [3.05, 3.63) is 12.2 Å². The molecule has 21 heavy (non-hydrogen) atoms. The number of carboxylic acid groups (broad SMARTS) is 1. The minimum atomic E-state index is -0.752. The molecule has 1 rings (SSSR count). The van der Waals surface area contributed by atoms with E-state index < -0.39 is 12.1 Å². The van der Waals surface area contributed by atoms with Gasteiger partial charge in [-0.25, -0.2) is 0 Å². The Kier molecular flexibility index (Phi) is 8.28. The molecule has 0 bridgehead atoms. The number of unbranched alkanes of at least 4 members (excludes halogenated alkanes) is 2. The maximum Gasteiger partial charge on any atom is 0.303 e. The molecule has 0 aromatic rings. The SMILES string of the molecule is CCCC(O)/C=C/C1CCC(=O)C1CCCCCC(=O)O. The second-order valence-electron chi connectivity index (χ2n) is 6.01. The molecular weight excluding hydrogens is 268 g/mol.